The fraction of sp³-hybridized carbons (Fsp3) is 0. The number of aliphatic hydroxyl groups excluding tert-OH is 1. The first-order valence-corrected chi connectivity index (χ1v) is 3.90. The summed E-state index contributed by atoms with van der Waals surface area (Å²) >= 11 is 2.75. The molecular formula is C8H5BrF2O. The van der Waals surface area contributed by atoms with E-state index in [2.05, 4.69) is 15.9 Å². The number of hydrogen-bond donors (Lipinski definition) is 1. The Hall–Kier alpha value is -0.900. The van der Waals surface area contributed by atoms with E-state index in [0.29, 0.717) is 5.56 Å². The molecule has 1 aromatic carbocycles. The van der Waals surface area contributed by atoms with Crippen molar-refractivity contribution in [2.24, 2.45) is 0 Å². The Labute approximate surface area is 76.5 Å². The monoisotopic (exact) mass is 234 g/mol. The largest absolute Gasteiger partial charge is 0.502 e. The van der Waals surface area contributed by atoms with E-state index in [9.17, 15) is 8.78 Å². The van der Waals surface area contributed by atoms with Crippen LogP contribution in [0, 0.1) is 11.6 Å². The molecule has 0 aromatic heterocycles. The van der Waals surface area contributed by atoms with Gasteiger partial charge in [0.25, 0.3) is 0 Å². The Balaban J connectivity index is 3.05. The van der Waals surface area contributed by atoms with Crippen LogP contribution in [0.15, 0.2) is 22.9 Å². The van der Waals surface area contributed by atoms with Crippen molar-refractivity contribution in [3.05, 3.63) is 40.1 Å². The van der Waals surface area contributed by atoms with Gasteiger partial charge in [0, 0.05) is 0 Å². The predicted molar refractivity (Wildman–Crippen MR) is 45.9 cm³/mol. The van der Waals surface area contributed by atoms with Gasteiger partial charge in [0.05, 0.1) is 0 Å². The molecule has 0 aliphatic rings. The summed E-state index contributed by atoms with van der Waals surface area (Å²) in [6, 6.07) is 3.35. The lowest BCUT2D eigenvalue weighted by Crippen LogP contribution is -1.83. The molecule has 0 amide bonds. The van der Waals surface area contributed by atoms with Crippen molar-refractivity contribution in [3.63, 3.8) is 0 Å². The van der Waals surface area contributed by atoms with Crippen molar-refractivity contribution >= 4 is 22.0 Å². The van der Waals surface area contributed by atoms with Gasteiger partial charge in [-0.3, -0.25) is 0 Å². The summed E-state index contributed by atoms with van der Waals surface area (Å²) in [5.41, 5.74) is 0.392. The van der Waals surface area contributed by atoms with E-state index in [4.69, 9.17) is 5.11 Å². The molecule has 0 radical (unpaired) electrons. The average Bonchev–Trinajstić information content (AvgIpc) is 1.96. The molecule has 0 spiro atoms. The molecule has 0 heterocycles. The summed E-state index contributed by atoms with van der Waals surface area (Å²) in [4.78, 5) is 0. The highest BCUT2D eigenvalue weighted by molar-refractivity contribution is 9.11. The minimum atomic E-state index is -0.933. The molecule has 0 aliphatic heterocycles. The Morgan fingerprint density at radius 3 is 2.50 bits per heavy atom. The molecule has 0 aliphatic carbocycles. The maximum Gasteiger partial charge on any atom is 0.159 e. The lowest BCUT2D eigenvalue weighted by Gasteiger charge is -1.94. The zero-order valence-electron chi connectivity index (χ0n) is 5.89. The molecule has 0 fully saturated rings. The van der Waals surface area contributed by atoms with Gasteiger partial charge in [-0.2, -0.15) is 0 Å². The molecule has 1 rings (SSSR count). The van der Waals surface area contributed by atoms with Crippen LogP contribution in [0.5, 0.6) is 0 Å². The number of rotatable bonds is 1. The van der Waals surface area contributed by atoms with Gasteiger partial charge < -0.3 is 5.11 Å². The van der Waals surface area contributed by atoms with Crippen molar-refractivity contribution in [3.8, 4) is 0 Å². The fourth-order valence-electron chi connectivity index (χ4n) is 0.740. The third-order valence-electron chi connectivity index (χ3n) is 1.23. The molecule has 64 valence electrons. The fourth-order valence-corrected chi connectivity index (χ4v) is 1.00. The SMILES string of the molecule is O/C(Br)=C\c1ccc(F)c(F)c1. The Kier molecular flexibility index (Phi) is 2.81. The zero-order valence-corrected chi connectivity index (χ0v) is 7.48. The predicted octanol–water partition coefficient (Wildman–Crippen LogP) is 3.22. The van der Waals surface area contributed by atoms with Gasteiger partial charge in [-0.15, -0.1) is 0 Å². The number of hydrogen-bond acceptors (Lipinski definition) is 1. The molecule has 12 heavy (non-hydrogen) atoms. The van der Waals surface area contributed by atoms with Crippen LogP contribution in [0.2, 0.25) is 0 Å². The normalized spacial score (nSPS) is 11.8. The standard InChI is InChI=1S/C8H5BrF2O/c9-8(12)4-5-1-2-6(10)7(11)3-5/h1-4,12H/b8-4-. The first-order valence-electron chi connectivity index (χ1n) is 3.11. The van der Waals surface area contributed by atoms with E-state index in [-0.39, 0.29) is 4.67 Å². The van der Waals surface area contributed by atoms with Crippen LogP contribution < -0.4 is 0 Å². The van der Waals surface area contributed by atoms with Crippen LogP contribution >= 0.6 is 15.9 Å². The quantitative estimate of drug-likeness (QED) is 0.741. The highest BCUT2D eigenvalue weighted by Crippen LogP contribution is 2.13. The van der Waals surface area contributed by atoms with Crippen molar-refractivity contribution in [1.29, 1.82) is 0 Å². The van der Waals surface area contributed by atoms with Crippen molar-refractivity contribution in [1.82, 2.24) is 0 Å². The van der Waals surface area contributed by atoms with Crippen LogP contribution in [0.3, 0.4) is 0 Å². The summed E-state index contributed by atoms with van der Waals surface area (Å²) in [7, 11) is 0. The highest BCUT2D eigenvalue weighted by Gasteiger charge is 2.00. The molecule has 4 heteroatoms. The summed E-state index contributed by atoms with van der Waals surface area (Å²) in [5.74, 6) is -1.83. The van der Waals surface area contributed by atoms with Gasteiger partial charge in [0.1, 0.15) is 0 Å². The van der Waals surface area contributed by atoms with Crippen molar-refractivity contribution < 1.29 is 13.9 Å². The van der Waals surface area contributed by atoms with Crippen LogP contribution in [0.25, 0.3) is 6.08 Å². The van der Waals surface area contributed by atoms with Crippen molar-refractivity contribution in [2.75, 3.05) is 0 Å². The second-order valence-corrected chi connectivity index (χ2v) is 2.95. The van der Waals surface area contributed by atoms with E-state index in [1.165, 1.54) is 12.1 Å². The minimum absolute atomic E-state index is 0.131. The second kappa shape index (κ2) is 3.67. The summed E-state index contributed by atoms with van der Waals surface area (Å²) < 4.78 is 24.8. The van der Waals surface area contributed by atoms with Crippen LogP contribution in [0.4, 0.5) is 8.78 Å². The highest BCUT2D eigenvalue weighted by atomic mass is 79.9. The van der Waals surface area contributed by atoms with Crippen LogP contribution in [-0.4, -0.2) is 5.11 Å². The van der Waals surface area contributed by atoms with E-state index in [0.717, 1.165) is 12.1 Å². The van der Waals surface area contributed by atoms with Gasteiger partial charge in [0.2, 0.25) is 0 Å². The molecule has 0 saturated carbocycles. The molecule has 0 saturated heterocycles. The zero-order chi connectivity index (χ0) is 9.14. The third kappa shape index (κ3) is 2.30. The van der Waals surface area contributed by atoms with E-state index >= 15 is 0 Å². The smallest absolute Gasteiger partial charge is 0.159 e. The molecule has 1 nitrogen and oxygen atoms in total. The lowest BCUT2D eigenvalue weighted by molar-refractivity contribution is 0.465. The number of halogens is 3. The summed E-state index contributed by atoms with van der Waals surface area (Å²) in [6.45, 7) is 0. The first kappa shape index (κ1) is 9.19. The van der Waals surface area contributed by atoms with Gasteiger partial charge in [-0.05, 0) is 39.7 Å². The molecule has 0 bridgehead atoms. The summed E-state index contributed by atoms with van der Waals surface area (Å²) in [5, 5.41) is 8.73. The van der Waals surface area contributed by atoms with Crippen molar-refractivity contribution in [2.45, 2.75) is 0 Å². The van der Waals surface area contributed by atoms with Gasteiger partial charge >= 0.3 is 0 Å². The van der Waals surface area contributed by atoms with E-state index in [1.807, 2.05) is 0 Å². The second-order valence-electron chi connectivity index (χ2n) is 2.14. The molecular weight excluding hydrogens is 230 g/mol. The van der Waals surface area contributed by atoms with E-state index in [1.54, 1.807) is 0 Å². The number of benzene rings is 1. The molecule has 0 unspecified atom stereocenters. The van der Waals surface area contributed by atoms with Crippen LogP contribution in [-0.2, 0) is 0 Å². The molecule has 0 atom stereocenters. The van der Waals surface area contributed by atoms with Gasteiger partial charge in [-0.1, -0.05) is 6.07 Å². The Bertz CT molecular complexity index is 319. The Morgan fingerprint density at radius 2 is 2.00 bits per heavy atom. The summed E-state index contributed by atoms with van der Waals surface area (Å²) in [6.07, 6.45) is 1.27. The topological polar surface area (TPSA) is 20.2 Å². The molecule has 1 aromatic rings. The minimum Gasteiger partial charge on any atom is -0.502 e. The Morgan fingerprint density at radius 1 is 1.33 bits per heavy atom. The number of aliphatic hydroxyl groups is 1. The third-order valence-corrected chi connectivity index (χ3v) is 1.46. The van der Waals surface area contributed by atoms with Crippen LogP contribution in [0.1, 0.15) is 5.56 Å². The first-order chi connectivity index (χ1) is 5.59. The average molecular weight is 235 g/mol. The van der Waals surface area contributed by atoms with Gasteiger partial charge in [0.15, 0.2) is 16.3 Å². The van der Waals surface area contributed by atoms with E-state index < -0.39 is 11.6 Å². The maximum absolute atomic E-state index is 12.5. The lowest BCUT2D eigenvalue weighted by atomic mass is 10.2. The molecule has 1 N–H and O–H groups in total. The maximum atomic E-state index is 12.5. The van der Waals surface area contributed by atoms with Gasteiger partial charge in [-0.25, -0.2) is 8.78 Å².